The van der Waals surface area contributed by atoms with Gasteiger partial charge in [-0.05, 0) is 80.2 Å². The number of hydrogen-bond acceptors (Lipinski definition) is 8. The molecule has 0 spiro atoms. The monoisotopic (exact) mass is 764 g/mol. The molecule has 2 aliphatic heterocycles. The number of ether oxygens (including phenoxy) is 1. The highest BCUT2D eigenvalue weighted by Gasteiger charge is 2.31. The van der Waals surface area contributed by atoms with E-state index in [0.717, 1.165) is 66.9 Å². The number of esters is 1. The van der Waals surface area contributed by atoms with E-state index in [1.54, 1.807) is 6.08 Å². The molecule has 0 saturated carbocycles. The van der Waals surface area contributed by atoms with Crippen LogP contribution in [0, 0.1) is 13.8 Å². The van der Waals surface area contributed by atoms with Crippen molar-refractivity contribution < 1.29 is 38.9 Å². The Labute approximate surface area is 324 Å². The van der Waals surface area contributed by atoms with Crippen molar-refractivity contribution in [2.75, 3.05) is 13.7 Å². The predicted molar refractivity (Wildman–Crippen MR) is 214 cm³/mol. The molecule has 14 nitrogen and oxygen atoms in total. The molecule has 3 unspecified atom stereocenters. The summed E-state index contributed by atoms with van der Waals surface area (Å²) in [4.78, 5) is 77.3. The zero-order valence-electron chi connectivity index (χ0n) is 32.3. The first-order valence-electron chi connectivity index (χ1n) is 18.4. The third-order valence-corrected chi connectivity index (χ3v) is 10.6. The molecule has 2 aliphatic rings. The lowest BCUT2D eigenvalue weighted by molar-refractivity contribution is -0.147. The number of carbonyl (C=O) groups excluding carboxylic acids is 3. The summed E-state index contributed by atoms with van der Waals surface area (Å²) >= 11 is 0. The van der Waals surface area contributed by atoms with Gasteiger partial charge in [-0.25, -0.2) is 9.78 Å². The number of carboxylic acid groups (broad SMARTS) is 2. The SMILES string of the molecule is C=Cc1c(C)c2cc3[nH]c(cc4nc(cc5nc(cc1[nH]2)C(C)=C5CCC(=O)NCCC(=O)NC(CC(=O)O)C(=O)O)C(CCC(=O)OC)C4C)c(C)c3C=C. The molecule has 294 valence electrons. The van der Waals surface area contributed by atoms with E-state index in [0.29, 0.717) is 24.2 Å². The van der Waals surface area contributed by atoms with Gasteiger partial charge in [0, 0.05) is 82.2 Å². The van der Waals surface area contributed by atoms with E-state index in [-0.39, 0.29) is 49.5 Å². The van der Waals surface area contributed by atoms with Gasteiger partial charge in [0.1, 0.15) is 6.04 Å². The average molecular weight is 765 g/mol. The number of fused-ring (bicyclic) bond motifs is 8. The molecule has 3 aromatic rings. The number of aromatic nitrogens is 4. The van der Waals surface area contributed by atoms with Crippen LogP contribution in [0.15, 0.2) is 37.4 Å². The lowest BCUT2D eigenvalue weighted by atomic mass is 9.87. The number of H-pyrrole nitrogens is 2. The van der Waals surface area contributed by atoms with E-state index in [4.69, 9.17) is 19.8 Å². The van der Waals surface area contributed by atoms with Gasteiger partial charge >= 0.3 is 17.9 Å². The lowest BCUT2D eigenvalue weighted by Gasteiger charge is -2.15. The lowest BCUT2D eigenvalue weighted by Crippen LogP contribution is -2.43. The summed E-state index contributed by atoms with van der Waals surface area (Å²) in [6.45, 7) is 16.2. The minimum atomic E-state index is -1.58. The van der Waals surface area contributed by atoms with Crippen molar-refractivity contribution in [2.45, 2.75) is 84.1 Å². The second-order valence-corrected chi connectivity index (χ2v) is 14.1. The number of methoxy groups -OCH3 is 1. The van der Waals surface area contributed by atoms with Crippen molar-refractivity contribution >= 4 is 75.1 Å². The number of aliphatic carboxylic acids is 2. The molecule has 0 fully saturated rings. The quantitative estimate of drug-likeness (QED) is 0.0947. The van der Waals surface area contributed by atoms with Crippen LogP contribution in [0.25, 0.3) is 45.4 Å². The second-order valence-electron chi connectivity index (χ2n) is 14.1. The average Bonchev–Trinajstić information content (AvgIpc) is 3.81. The smallest absolute Gasteiger partial charge is 0.326 e. The first-order valence-corrected chi connectivity index (χ1v) is 18.4. The highest BCUT2D eigenvalue weighted by molar-refractivity contribution is 5.94. The van der Waals surface area contributed by atoms with Gasteiger partial charge in [0.15, 0.2) is 0 Å². The molecule has 5 rings (SSSR count). The van der Waals surface area contributed by atoms with Gasteiger partial charge in [0.2, 0.25) is 11.8 Å². The molecule has 0 aromatic carbocycles. The molecule has 0 aliphatic carbocycles. The Morgan fingerprint density at radius 3 is 2.09 bits per heavy atom. The van der Waals surface area contributed by atoms with Crippen LogP contribution in [0.3, 0.4) is 0 Å². The van der Waals surface area contributed by atoms with Crippen molar-refractivity contribution in [1.82, 2.24) is 30.6 Å². The van der Waals surface area contributed by atoms with Gasteiger partial charge in [-0.1, -0.05) is 32.2 Å². The maximum atomic E-state index is 13.1. The highest BCUT2D eigenvalue weighted by atomic mass is 16.5. The number of aromatic amines is 2. The van der Waals surface area contributed by atoms with Crippen LogP contribution in [0.2, 0.25) is 0 Å². The number of nitrogens with one attached hydrogen (secondary N) is 4. The van der Waals surface area contributed by atoms with Gasteiger partial charge in [-0.2, -0.15) is 0 Å². The van der Waals surface area contributed by atoms with Crippen LogP contribution in [0.1, 0.15) is 109 Å². The van der Waals surface area contributed by atoms with Crippen LogP contribution in [-0.2, 0) is 28.7 Å². The molecule has 5 heterocycles. The summed E-state index contributed by atoms with van der Waals surface area (Å²) in [7, 11) is 1.37. The van der Waals surface area contributed by atoms with Crippen molar-refractivity contribution in [1.29, 1.82) is 0 Å². The fraction of sp³-hybridized carbons (Fsp3) is 0.357. The third-order valence-electron chi connectivity index (χ3n) is 10.6. The molecular weight excluding hydrogens is 716 g/mol. The Morgan fingerprint density at radius 2 is 1.48 bits per heavy atom. The van der Waals surface area contributed by atoms with Crippen LogP contribution in [0.4, 0.5) is 0 Å². The normalized spacial score (nSPS) is 15.5. The number of amides is 2. The van der Waals surface area contributed by atoms with Crippen LogP contribution in [0.5, 0.6) is 0 Å². The Hall–Kier alpha value is -6.31. The third kappa shape index (κ3) is 8.96. The number of nitrogens with zero attached hydrogens (tertiary/aromatic N) is 2. The van der Waals surface area contributed by atoms with E-state index in [1.165, 1.54) is 7.11 Å². The molecular formula is C42H48N6O8. The van der Waals surface area contributed by atoms with E-state index < -0.39 is 30.3 Å². The number of carboxylic acids is 2. The zero-order chi connectivity index (χ0) is 40.8. The van der Waals surface area contributed by atoms with Gasteiger partial charge < -0.3 is 35.6 Å². The van der Waals surface area contributed by atoms with E-state index in [9.17, 15) is 29.1 Å². The van der Waals surface area contributed by atoms with Gasteiger partial charge in [-0.15, -0.1) is 0 Å². The van der Waals surface area contributed by atoms with Crippen molar-refractivity contribution in [3.8, 4) is 0 Å². The van der Waals surface area contributed by atoms with Gasteiger partial charge in [-0.3, -0.25) is 24.2 Å². The number of hydrogen-bond donors (Lipinski definition) is 6. The zero-order valence-corrected chi connectivity index (χ0v) is 32.3. The minimum Gasteiger partial charge on any atom is -0.481 e. The summed E-state index contributed by atoms with van der Waals surface area (Å²) in [6.07, 6.45) is 3.72. The predicted octanol–water partition coefficient (Wildman–Crippen LogP) is 6.32. The summed E-state index contributed by atoms with van der Waals surface area (Å²) in [5.41, 5.74) is 12.0. The second kappa shape index (κ2) is 17.4. The first kappa shape index (κ1) is 40.9. The fourth-order valence-electron chi connectivity index (χ4n) is 7.28. The maximum absolute atomic E-state index is 13.1. The van der Waals surface area contributed by atoms with Crippen molar-refractivity contribution in [3.05, 3.63) is 82.5 Å². The topological polar surface area (TPSA) is 216 Å². The maximum Gasteiger partial charge on any atom is 0.326 e. The molecule has 3 atom stereocenters. The molecule has 0 radical (unpaired) electrons. The Balaban J connectivity index is 1.55. The molecule has 3 aromatic heterocycles. The molecule has 14 heteroatoms. The molecule has 2 amide bonds. The van der Waals surface area contributed by atoms with Crippen LogP contribution < -0.4 is 10.6 Å². The fourth-order valence-corrected chi connectivity index (χ4v) is 7.28. The summed E-state index contributed by atoms with van der Waals surface area (Å²) in [5.74, 6) is -4.35. The summed E-state index contributed by atoms with van der Waals surface area (Å²) < 4.78 is 4.97. The van der Waals surface area contributed by atoms with Crippen LogP contribution in [-0.4, -0.2) is 79.6 Å². The Morgan fingerprint density at radius 1 is 0.839 bits per heavy atom. The minimum absolute atomic E-state index is 0.0461. The van der Waals surface area contributed by atoms with Crippen molar-refractivity contribution in [3.63, 3.8) is 0 Å². The largest absolute Gasteiger partial charge is 0.481 e. The molecule has 56 heavy (non-hydrogen) atoms. The first-order chi connectivity index (χ1) is 26.6. The van der Waals surface area contributed by atoms with Crippen LogP contribution >= 0.6 is 0 Å². The summed E-state index contributed by atoms with van der Waals surface area (Å²) in [6, 6.07) is 6.44. The van der Waals surface area contributed by atoms with E-state index in [1.807, 2.05) is 45.0 Å². The Bertz CT molecular complexity index is 2320. The van der Waals surface area contributed by atoms with Gasteiger partial charge in [0.05, 0.1) is 24.9 Å². The number of carbonyl (C=O) groups is 5. The molecule has 8 bridgehead atoms. The van der Waals surface area contributed by atoms with E-state index >= 15 is 0 Å². The number of aryl methyl sites for hydroxylation is 2. The standard InChI is InChI=1S/C42H48N6O8/c1-8-25-21(3)29-16-30-24(6)28(11-13-41(53)56-7)36(46-30)19-35-27(10-12-38(49)43-15-14-39(50)48-37(42(54)55)20-40(51)52)23(5)32(47-35)18-34-26(9-2)22(4)31(45-34)17-33(25)44-29/h8-9,16-19,24,28,37,44-45H,1-2,10-15,20H2,3-7H3,(H,43,49)(H,48,50)(H,51,52)(H,54,55). The Kier molecular flexibility index (Phi) is 12.7. The molecule has 0 saturated heterocycles. The number of rotatable bonds is 15. The summed E-state index contributed by atoms with van der Waals surface area (Å²) in [5, 5.41) is 23.0. The highest BCUT2D eigenvalue weighted by Crippen LogP contribution is 2.42. The number of allylic oxidation sites excluding steroid dienone is 2. The van der Waals surface area contributed by atoms with Crippen molar-refractivity contribution in [2.24, 2.45) is 0 Å². The van der Waals surface area contributed by atoms with E-state index in [2.05, 4.69) is 46.7 Å². The molecule has 6 N–H and O–H groups in total. The van der Waals surface area contributed by atoms with Gasteiger partial charge in [0.25, 0.3) is 0 Å².